The lowest BCUT2D eigenvalue weighted by atomic mass is 10.0. The second-order valence-electron chi connectivity index (χ2n) is 4.15. The Balaban J connectivity index is 2.24. The van der Waals surface area contributed by atoms with Crippen LogP contribution >= 0.6 is 0 Å². The summed E-state index contributed by atoms with van der Waals surface area (Å²) in [5, 5.41) is 3.42. The number of nitrogens with one attached hydrogen (secondary N) is 1. The van der Waals surface area contributed by atoms with Crippen molar-refractivity contribution in [3.63, 3.8) is 0 Å². The summed E-state index contributed by atoms with van der Waals surface area (Å²) < 4.78 is 0. The van der Waals surface area contributed by atoms with Crippen LogP contribution in [0.4, 0.5) is 0 Å². The highest BCUT2D eigenvalue weighted by Gasteiger charge is 2.46. The number of amides is 1. The van der Waals surface area contributed by atoms with Gasteiger partial charge >= 0.3 is 0 Å². The Morgan fingerprint density at radius 1 is 1.67 bits per heavy atom. The molecular formula is C9H16N2O. The lowest BCUT2D eigenvalue weighted by Gasteiger charge is -2.40. The van der Waals surface area contributed by atoms with Crippen LogP contribution in [-0.4, -0.2) is 29.6 Å². The van der Waals surface area contributed by atoms with Crippen LogP contribution in [0, 0.1) is 5.92 Å². The van der Waals surface area contributed by atoms with Crippen LogP contribution in [0.1, 0.15) is 26.7 Å². The number of rotatable bonds is 0. The van der Waals surface area contributed by atoms with Crippen LogP contribution < -0.4 is 5.32 Å². The first-order chi connectivity index (χ1) is 5.63. The van der Waals surface area contributed by atoms with Gasteiger partial charge in [-0.1, -0.05) is 6.92 Å². The molecule has 2 rings (SSSR count). The van der Waals surface area contributed by atoms with E-state index in [1.807, 2.05) is 11.8 Å². The molecule has 0 spiro atoms. The Hall–Kier alpha value is -0.570. The third-order valence-corrected chi connectivity index (χ3v) is 3.05. The van der Waals surface area contributed by atoms with Crippen molar-refractivity contribution in [2.75, 3.05) is 13.1 Å². The molecular weight excluding hydrogens is 152 g/mol. The summed E-state index contributed by atoms with van der Waals surface area (Å²) in [7, 11) is 0. The smallest absolute Gasteiger partial charge is 0.227 e. The highest BCUT2D eigenvalue weighted by atomic mass is 16.2. The maximum absolute atomic E-state index is 11.6. The van der Waals surface area contributed by atoms with E-state index in [2.05, 4.69) is 12.2 Å². The van der Waals surface area contributed by atoms with Crippen LogP contribution in [-0.2, 0) is 4.79 Å². The standard InChI is InChI=1S/C9H16N2O/c1-7-6-9(2)10-4-3-5-11(9)8(7)12/h7,10H,3-6H2,1-2H3. The van der Waals surface area contributed by atoms with Gasteiger partial charge < -0.3 is 4.90 Å². The fraction of sp³-hybridized carbons (Fsp3) is 0.889. The van der Waals surface area contributed by atoms with Gasteiger partial charge in [0.1, 0.15) is 0 Å². The van der Waals surface area contributed by atoms with Crippen LogP contribution in [0.15, 0.2) is 0 Å². The first-order valence-electron chi connectivity index (χ1n) is 4.70. The molecule has 1 amide bonds. The van der Waals surface area contributed by atoms with E-state index in [4.69, 9.17) is 0 Å². The van der Waals surface area contributed by atoms with Gasteiger partial charge in [0, 0.05) is 12.5 Å². The normalized spacial score (nSPS) is 41.7. The van der Waals surface area contributed by atoms with Gasteiger partial charge in [0.2, 0.25) is 5.91 Å². The summed E-state index contributed by atoms with van der Waals surface area (Å²) in [6.45, 7) is 6.14. The second-order valence-corrected chi connectivity index (χ2v) is 4.15. The van der Waals surface area contributed by atoms with E-state index in [0.29, 0.717) is 5.91 Å². The topological polar surface area (TPSA) is 32.3 Å². The molecule has 0 aromatic heterocycles. The minimum Gasteiger partial charge on any atom is -0.324 e. The fourth-order valence-corrected chi connectivity index (χ4v) is 2.42. The molecule has 0 aliphatic carbocycles. The Morgan fingerprint density at radius 3 is 3.08 bits per heavy atom. The zero-order valence-corrected chi connectivity index (χ0v) is 7.76. The van der Waals surface area contributed by atoms with E-state index in [0.717, 1.165) is 25.9 Å². The molecule has 3 nitrogen and oxygen atoms in total. The summed E-state index contributed by atoms with van der Waals surface area (Å²) in [5.41, 5.74) is -0.0330. The number of carbonyl (C=O) groups is 1. The largest absolute Gasteiger partial charge is 0.324 e. The first kappa shape index (κ1) is 8.05. The van der Waals surface area contributed by atoms with Gasteiger partial charge in [0.25, 0.3) is 0 Å². The molecule has 2 atom stereocenters. The molecule has 2 aliphatic heterocycles. The van der Waals surface area contributed by atoms with Gasteiger partial charge in [-0.15, -0.1) is 0 Å². The fourth-order valence-electron chi connectivity index (χ4n) is 2.42. The lowest BCUT2D eigenvalue weighted by molar-refractivity contribution is -0.135. The quantitative estimate of drug-likeness (QED) is 0.573. The second kappa shape index (κ2) is 2.46. The molecule has 1 N–H and O–H groups in total. The number of fused-ring (bicyclic) bond motifs is 1. The molecule has 2 fully saturated rings. The molecule has 2 aliphatic rings. The van der Waals surface area contributed by atoms with E-state index >= 15 is 0 Å². The highest BCUT2D eigenvalue weighted by molar-refractivity contribution is 5.82. The van der Waals surface area contributed by atoms with Gasteiger partial charge in [-0.25, -0.2) is 0 Å². The van der Waals surface area contributed by atoms with Crippen molar-refractivity contribution in [2.45, 2.75) is 32.4 Å². The average Bonchev–Trinajstić information content (AvgIpc) is 2.24. The third-order valence-electron chi connectivity index (χ3n) is 3.05. The molecule has 12 heavy (non-hydrogen) atoms. The van der Waals surface area contributed by atoms with Crippen molar-refractivity contribution in [3.05, 3.63) is 0 Å². The van der Waals surface area contributed by atoms with Crippen LogP contribution in [0.3, 0.4) is 0 Å². The monoisotopic (exact) mass is 168 g/mol. The van der Waals surface area contributed by atoms with Gasteiger partial charge in [-0.2, -0.15) is 0 Å². The Kier molecular flexibility index (Phi) is 1.65. The zero-order chi connectivity index (χ0) is 8.77. The third kappa shape index (κ3) is 0.959. The lowest BCUT2D eigenvalue weighted by Crippen LogP contribution is -2.58. The van der Waals surface area contributed by atoms with Gasteiger partial charge in [-0.05, 0) is 26.3 Å². The molecule has 0 radical (unpaired) electrons. The summed E-state index contributed by atoms with van der Waals surface area (Å²) in [4.78, 5) is 13.6. The van der Waals surface area contributed by atoms with E-state index in [1.165, 1.54) is 0 Å². The van der Waals surface area contributed by atoms with E-state index in [9.17, 15) is 4.79 Å². The van der Waals surface area contributed by atoms with Gasteiger partial charge in [-0.3, -0.25) is 10.1 Å². The van der Waals surface area contributed by atoms with Crippen LogP contribution in [0.5, 0.6) is 0 Å². The molecule has 0 aromatic carbocycles. The number of hydrogen-bond acceptors (Lipinski definition) is 2. The maximum atomic E-state index is 11.6. The molecule has 0 saturated carbocycles. The van der Waals surface area contributed by atoms with Crippen molar-refractivity contribution in [3.8, 4) is 0 Å². The summed E-state index contributed by atoms with van der Waals surface area (Å²) in [5.74, 6) is 0.533. The molecule has 2 heterocycles. The van der Waals surface area contributed by atoms with E-state index < -0.39 is 0 Å². The Bertz CT molecular complexity index is 217. The minimum absolute atomic E-state index is 0.0330. The number of hydrogen-bond donors (Lipinski definition) is 1. The average molecular weight is 168 g/mol. The molecule has 2 saturated heterocycles. The van der Waals surface area contributed by atoms with Crippen molar-refractivity contribution in [1.82, 2.24) is 10.2 Å². The van der Waals surface area contributed by atoms with Crippen molar-refractivity contribution < 1.29 is 4.79 Å². The van der Waals surface area contributed by atoms with E-state index in [1.54, 1.807) is 0 Å². The number of nitrogens with zero attached hydrogens (tertiary/aromatic N) is 1. The summed E-state index contributed by atoms with van der Waals surface area (Å²) >= 11 is 0. The van der Waals surface area contributed by atoms with Gasteiger partial charge in [0.15, 0.2) is 0 Å². The number of carbonyl (C=O) groups excluding carboxylic acids is 1. The molecule has 3 heteroatoms. The van der Waals surface area contributed by atoms with Crippen molar-refractivity contribution in [1.29, 1.82) is 0 Å². The molecule has 68 valence electrons. The highest BCUT2D eigenvalue weighted by Crippen LogP contribution is 2.33. The van der Waals surface area contributed by atoms with Crippen molar-refractivity contribution >= 4 is 5.91 Å². The van der Waals surface area contributed by atoms with Gasteiger partial charge in [0.05, 0.1) is 5.66 Å². The molecule has 0 bridgehead atoms. The Labute approximate surface area is 73.1 Å². The van der Waals surface area contributed by atoms with Crippen LogP contribution in [0.2, 0.25) is 0 Å². The summed E-state index contributed by atoms with van der Waals surface area (Å²) in [6, 6.07) is 0. The zero-order valence-electron chi connectivity index (χ0n) is 7.76. The molecule has 2 unspecified atom stereocenters. The Morgan fingerprint density at radius 2 is 2.42 bits per heavy atom. The SMILES string of the molecule is CC1CC2(C)NCCCN2C1=O. The van der Waals surface area contributed by atoms with Crippen LogP contribution in [0.25, 0.3) is 0 Å². The van der Waals surface area contributed by atoms with Crippen molar-refractivity contribution in [2.24, 2.45) is 5.92 Å². The van der Waals surface area contributed by atoms with E-state index in [-0.39, 0.29) is 11.6 Å². The molecule has 0 aromatic rings. The summed E-state index contributed by atoms with van der Waals surface area (Å²) in [6.07, 6.45) is 2.06. The predicted octanol–water partition coefficient (Wildman–Crippen LogP) is 0.564. The first-order valence-corrected chi connectivity index (χ1v) is 4.70. The maximum Gasteiger partial charge on any atom is 0.227 e. The minimum atomic E-state index is -0.0330. The predicted molar refractivity (Wildman–Crippen MR) is 46.5 cm³/mol.